The first kappa shape index (κ1) is 15.7. The minimum absolute atomic E-state index is 0.297. The maximum atomic E-state index is 12.3. The molecule has 5 nitrogen and oxygen atoms in total. The molecule has 0 radical (unpaired) electrons. The molecule has 2 rings (SSSR count). The van der Waals surface area contributed by atoms with Gasteiger partial charge in [0.2, 0.25) is 0 Å². The third-order valence-electron chi connectivity index (χ3n) is 3.08. The Morgan fingerprint density at radius 1 is 1.05 bits per heavy atom. The third-order valence-corrected chi connectivity index (χ3v) is 3.08. The van der Waals surface area contributed by atoms with Gasteiger partial charge in [0.05, 0.1) is 25.0 Å². The Balaban J connectivity index is 2.22. The summed E-state index contributed by atoms with van der Waals surface area (Å²) in [7, 11) is 2.90. The van der Waals surface area contributed by atoms with Crippen LogP contribution in [0.5, 0.6) is 0 Å². The van der Waals surface area contributed by atoms with E-state index in [1.54, 1.807) is 49.6 Å². The Morgan fingerprint density at radius 2 is 1.82 bits per heavy atom. The largest absolute Gasteiger partial charge is 0.465 e. The van der Waals surface area contributed by atoms with Crippen LogP contribution in [0.4, 0.5) is 5.69 Å². The molecule has 0 aliphatic heterocycles. The second-order valence-corrected chi connectivity index (χ2v) is 4.62. The van der Waals surface area contributed by atoms with Gasteiger partial charge in [0.15, 0.2) is 0 Å². The molecule has 0 bridgehead atoms. The summed E-state index contributed by atoms with van der Waals surface area (Å²) in [5, 5.41) is 2.73. The molecule has 0 aliphatic rings. The molecule has 0 unspecified atom stereocenters. The van der Waals surface area contributed by atoms with Gasteiger partial charge >= 0.3 is 5.97 Å². The number of esters is 1. The van der Waals surface area contributed by atoms with Crippen molar-refractivity contribution in [2.45, 2.75) is 6.61 Å². The van der Waals surface area contributed by atoms with E-state index in [1.807, 2.05) is 6.07 Å². The van der Waals surface area contributed by atoms with Gasteiger partial charge in [-0.1, -0.05) is 24.3 Å². The van der Waals surface area contributed by atoms with Crippen molar-refractivity contribution in [3.05, 3.63) is 65.2 Å². The highest BCUT2D eigenvalue weighted by Gasteiger charge is 2.14. The number of carbonyl (C=O) groups is 2. The number of para-hydroxylation sites is 1. The van der Waals surface area contributed by atoms with Crippen LogP contribution in [0.1, 0.15) is 26.3 Å². The Kier molecular flexibility index (Phi) is 5.27. The lowest BCUT2D eigenvalue weighted by Crippen LogP contribution is -2.15. The first-order valence-electron chi connectivity index (χ1n) is 6.72. The number of nitrogens with one attached hydrogen (secondary N) is 1. The number of anilines is 1. The standard InChI is InChI=1S/C17H17NO4/c1-21-11-12-6-5-7-13(10-12)16(19)18-15-9-4-3-8-14(15)17(20)22-2/h3-10H,11H2,1-2H3,(H,18,19). The normalized spacial score (nSPS) is 10.1. The molecule has 1 amide bonds. The number of rotatable bonds is 5. The summed E-state index contributed by atoms with van der Waals surface area (Å²) in [6, 6.07) is 13.8. The zero-order valence-corrected chi connectivity index (χ0v) is 12.5. The fourth-order valence-corrected chi connectivity index (χ4v) is 2.04. The van der Waals surface area contributed by atoms with Gasteiger partial charge in [-0.05, 0) is 29.8 Å². The van der Waals surface area contributed by atoms with Crippen LogP contribution in [0.15, 0.2) is 48.5 Å². The lowest BCUT2D eigenvalue weighted by molar-refractivity contribution is 0.0602. The van der Waals surface area contributed by atoms with Gasteiger partial charge in [-0.15, -0.1) is 0 Å². The summed E-state index contributed by atoms with van der Waals surface area (Å²) in [4.78, 5) is 24.0. The highest BCUT2D eigenvalue weighted by atomic mass is 16.5. The molecule has 0 saturated carbocycles. The van der Waals surface area contributed by atoms with E-state index in [1.165, 1.54) is 7.11 Å². The van der Waals surface area contributed by atoms with Crippen molar-refractivity contribution in [3.63, 3.8) is 0 Å². The predicted molar refractivity (Wildman–Crippen MR) is 82.9 cm³/mol. The van der Waals surface area contributed by atoms with Crippen molar-refractivity contribution in [2.24, 2.45) is 0 Å². The Labute approximate surface area is 128 Å². The van der Waals surface area contributed by atoms with Gasteiger partial charge in [0.25, 0.3) is 5.91 Å². The molecular weight excluding hydrogens is 282 g/mol. The van der Waals surface area contributed by atoms with Crippen LogP contribution in [0.3, 0.4) is 0 Å². The molecule has 0 spiro atoms. The maximum absolute atomic E-state index is 12.3. The molecule has 0 fully saturated rings. The van der Waals surface area contributed by atoms with Crippen LogP contribution >= 0.6 is 0 Å². The van der Waals surface area contributed by atoms with Gasteiger partial charge in [-0.2, -0.15) is 0 Å². The Bertz CT molecular complexity index is 682. The van der Waals surface area contributed by atoms with E-state index in [0.717, 1.165) is 5.56 Å². The molecule has 2 aromatic rings. The molecule has 1 N–H and O–H groups in total. The summed E-state index contributed by atoms with van der Waals surface area (Å²) in [5.74, 6) is -0.793. The fraction of sp³-hybridized carbons (Fsp3) is 0.176. The van der Waals surface area contributed by atoms with Gasteiger partial charge in [0.1, 0.15) is 0 Å². The SMILES string of the molecule is COCc1cccc(C(=O)Nc2ccccc2C(=O)OC)c1. The van der Waals surface area contributed by atoms with E-state index >= 15 is 0 Å². The summed E-state index contributed by atoms with van der Waals surface area (Å²) in [6.45, 7) is 0.430. The van der Waals surface area contributed by atoms with E-state index in [-0.39, 0.29) is 5.91 Å². The average Bonchev–Trinajstić information content (AvgIpc) is 2.55. The van der Waals surface area contributed by atoms with Crippen LogP contribution in [0.25, 0.3) is 0 Å². The first-order valence-corrected chi connectivity index (χ1v) is 6.72. The monoisotopic (exact) mass is 299 g/mol. The highest BCUT2D eigenvalue weighted by Crippen LogP contribution is 2.17. The Hall–Kier alpha value is -2.66. The predicted octanol–water partition coefficient (Wildman–Crippen LogP) is 2.87. The Morgan fingerprint density at radius 3 is 2.55 bits per heavy atom. The minimum atomic E-state index is -0.496. The highest BCUT2D eigenvalue weighted by molar-refractivity contribution is 6.08. The van der Waals surface area contributed by atoms with Crippen molar-refractivity contribution >= 4 is 17.6 Å². The number of hydrogen-bond donors (Lipinski definition) is 1. The summed E-state index contributed by atoms with van der Waals surface area (Å²) in [6.07, 6.45) is 0. The van der Waals surface area contributed by atoms with E-state index in [4.69, 9.17) is 9.47 Å². The van der Waals surface area contributed by atoms with Crippen LogP contribution < -0.4 is 5.32 Å². The van der Waals surface area contributed by atoms with Crippen LogP contribution in [0.2, 0.25) is 0 Å². The van der Waals surface area contributed by atoms with E-state index in [0.29, 0.717) is 23.4 Å². The molecule has 0 aromatic heterocycles. The zero-order valence-electron chi connectivity index (χ0n) is 12.5. The minimum Gasteiger partial charge on any atom is -0.465 e. The quantitative estimate of drug-likeness (QED) is 0.862. The van der Waals surface area contributed by atoms with E-state index < -0.39 is 5.97 Å². The lowest BCUT2D eigenvalue weighted by Gasteiger charge is -2.10. The molecule has 0 heterocycles. The van der Waals surface area contributed by atoms with Crippen molar-refractivity contribution in [3.8, 4) is 0 Å². The van der Waals surface area contributed by atoms with Crippen molar-refractivity contribution in [1.82, 2.24) is 0 Å². The van der Waals surface area contributed by atoms with Crippen LogP contribution in [0, 0.1) is 0 Å². The molecule has 114 valence electrons. The second kappa shape index (κ2) is 7.38. The van der Waals surface area contributed by atoms with Gasteiger partial charge in [-0.3, -0.25) is 4.79 Å². The van der Waals surface area contributed by atoms with Crippen molar-refractivity contribution < 1.29 is 19.1 Å². The number of benzene rings is 2. The van der Waals surface area contributed by atoms with Crippen molar-refractivity contribution in [1.29, 1.82) is 0 Å². The second-order valence-electron chi connectivity index (χ2n) is 4.62. The fourth-order valence-electron chi connectivity index (χ4n) is 2.04. The smallest absolute Gasteiger partial charge is 0.339 e. The number of hydrogen-bond acceptors (Lipinski definition) is 4. The van der Waals surface area contributed by atoms with E-state index in [2.05, 4.69) is 5.32 Å². The number of carbonyl (C=O) groups excluding carboxylic acids is 2. The van der Waals surface area contributed by atoms with Crippen molar-refractivity contribution in [2.75, 3.05) is 19.5 Å². The topological polar surface area (TPSA) is 64.6 Å². The molecule has 0 aliphatic carbocycles. The maximum Gasteiger partial charge on any atom is 0.339 e. The molecule has 0 saturated heterocycles. The number of amides is 1. The third kappa shape index (κ3) is 3.71. The molecule has 5 heteroatoms. The average molecular weight is 299 g/mol. The molecule has 2 aromatic carbocycles. The van der Waals surface area contributed by atoms with E-state index in [9.17, 15) is 9.59 Å². The van der Waals surface area contributed by atoms with Gasteiger partial charge in [0, 0.05) is 12.7 Å². The van der Waals surface area contributed by atoms with Gasteiger partial charge < -0.3 is 14.8 Å². The molecular formula is C17H17NO4. The van der Waals surface area contributed by atoms with Crippen LogP contribution in [-0.4, -0.2) is 26.1 Å². The summed E-state index contributed by atoms with van der Waals surface area (Å²) >= 11 is 0. The molecule has 22 heavy (non-hydrogen) atoms. The summed E-state index contributed by atoms with van der Waals surface area (Å²) in [5.41, 5.74) is 2.12. The van der Waals surface area contributed by atoms with Gasteiger partial charge in [-0.25, -0.2) is 4.79 Å². The molecule has 0 atom stereocenters. The lowest BCUT2D eigenvalue weighted by atomic mass is 10.1. The number of ether oxygens (including phenoxy) is 2. The van der Waals surface area contributed by atoms with Crippen LogP contribution in [-0.2, 0) is 16.1 Å². The number of methoxy groups -OCH3 is 2. The zero-order chi connectivity index (χ0) is 15.9. The first-order chi connectivity index (χ1) is 10.7. The summed E-state index contributed by atoms with van der Waals surface area (Å²) < 4.78 is 9.76.